The van der Waals surface area contributed by atoms with Crippen molar-refractivity contribution in [3.8, 4) is 0 Å². The van der Waals surface area contributed by atoms with Gasteiger partial charge >= 0.3 is 17.6 Å². The number of nitrogens with zero attached hydrogens (tertiary/aromatic N) is 2. The van der Waals surface area contributed by atoms with Gasteiger partial charge in [-0.15, -0.1) is 0 Å². The summed E-state index contributed by atoms with van der Waals surface area (Å²) in [6.07, 6.45) is 43.1. The van der Waals surface area contributed by atoms with E-state index in [4.69, 9.17) is 24.5 Å². The Hall–Kier alpha value is -4.32. The number of anilines is 1. The van der Waals surface area contributed by atoms with E-state index in [2.05, 4.69) is 94.5 Å². The Bertz CT molecular complexity index is 2080. The first-order valence-corrected chi connectivity index (χ1v) is 28.1. The van der Waals surface area contributed by atoms with Gasteiger partial charge in [-0.3, -0.25) is 23.3 Å². The second-order valence-electron chi connectivity index (χ2n) is 16.9. The molecule has 18 nitrogen and oxygen atoms in total. The van der Waals surface area contributed by atoms with Crippen LogP contribution in [0.15, 0.2) is 114 Å². The molecule has 2 rings (SSSR count). The van der Waals surface area contributed by atoms with E-state index in [1.807, 2.05) is 30.4 Å². The van der Waals surface area contributed by atoms with Gasteiger partial charge in [0.15, 0.2) is 12.3 Å². The zero-order valence-corrected chi connectivity index (χ0v) is 43.9. The molecule has 2 unspecified atom stereocenters. The number of phosphoric ester groups is 2. The monoisotopic (exact) mass is 1050 g/mol. The molecule has 1 aliphatic heterocycles. The zero-order chi connectivity index (χ0) is 52.7. The number of unbranched alkanes of at least 4 members (excludes halogenated alkanes) is 8. The molecule has 1 fully saturated rings. The van der Waals surface area contributed by atoms with E-state index in [-0.39, 0.29) is 18.7 Å². The summed E-state index contributed by atoms with van der Waals surface area (Å²) in [7, 11) is -11.5. The van der Waals surface area contributed by atoms with E-state index in [0.717, 1.165) is 55.7 Å². The molecule has 4 N–H and O–H groups in total. The molecule has 1 aliphatic rings. The van der Waals surface area contributed by atoms with E-state index < -0.39 is 83.7 Å². The van der Waals surface area contributed by atoms with Crippen molar-refractivity contribution in [2.75, 3.05) is 25.6 Å². The molecule has 1 saturated heterocycles. The molecule has 0 spiro atoms. The Labute approximate surface area is 426 Å². The van der Waals surface area contributed by atoms with Gasteiger partial charge < -0.3 is 49.0 Å². The van der Waals surface area contributed by atoms with E-state index >= 15 is 0 Å². The maximum atomic E-state index is 12.8. The molecule has 0 radical (unpaired) electrons. The highest BCUT2D eigenvalue weighted by Crippen LogP contribution is 2.56. The number of nitrogens with two attached hydrogens (primary N) is 1. The Morgan fingerprint density at radius 3 is 1.60 bits per heavy atom. The molecule has 404 valence electrons. The first-order chi connectivity index (χ1) is 34.7. The number of ether oxygens (including phenoxy) is 3. The van der Waals surface area contributed by atoms with Crippen LogP contribution in [0.4, 0.5) is 5.82 Å². The fraction of sp³-hybridized carbons (Fsp3) is 0.577. The molecule has 1 aromatic heterocycles. The lowest BCUT2D eigenvalue weighted by Crippen LogP contribution is -2.36. The Morgan fingerprint density at radius 1 is 0.681 bits per heavy atom. The van der Waals surface area contributed by atoms with Gasteiger partial charge in [0.25, 0.3) is 15.6 Å². The van der Waals surface area contributed by atoms with Crippen molar-refractivity contribution in [3.63, 3.8) is 0 Å². The van der Waals surface area contributed by atoms with Gasteiger partial charge in [0.05, 0.1) is 13.2 Å². The molecule has 1 aromatic rings. The second kappa shape index (κ2) is 39.2. The van der Waals surface area contributed by atoms with Gasteiger partial charge in [-0.25, -0.2) is 9.11 Å². The van der Waals surface area contributed by atoms with Crippen LogP contribution in [0.1, 0.15) is 148 Å². The number of hydrogen-bond donors (Lipinski definition) is 3. The van der Waals surface area contributed by atoms with Crippen molar-refractivity contribution < 1.29 is 66.3 Å². The molecule has 0 aromatic carbocycles. The normalized spacial score (nSPS) is 19.9. The van der Waals surface area contributed by atoms with Crippen LogP contribution in [0.25, 0.3) is 0 Å². The Morgan fingerprint density at radius 2 is 1.12 bits per heavy atom. The molecule has 0 amide bonds. The number of carbonyl (C=O) groups excluding carboxylic acids is 2. The summed E-state index contributed by atoms with van der Waals surface area (Å²) >= 11 is 0. The van der Waals surface area contributed by atoms with E-state index in [9.17, 15) is 43.5 Å². The SMILES string of the molecule is CCCCC/C=C\C/C=C\C/C=C\C/C=C\CCCC(=O)OC[C@H](COP(=O)([O-])OP(=O)([O-])OC[C@H]1O[C@@H](n2ccc(N)nc2=O)[C@H](O)[C@@H]1O)OC(=O)CCC/C=C\C/C=C\C/C=C\C/C=C\CCCCC. The smallest absolute Gasteiger partial charge is 0.351 e. The number of aliphatic hydroxyl groups is 2. The number of hydrogen-bond acceptors (Lipinski definition) is 17. The summed E-state index contributed by atoms with van der Waals surface area (Å²) < 4.78 is 55.7. The van der Waals surface area contributed by atoms with Crippen LogP contribution in [-0.2, 0) is 46.3 Å². The third-order valence-corrected chi connectivity index (χ3v) is 13.2. The fourth-order valence-corrected chi connectivity index (χ4v) is 8.73. The van der Waals surface area contributed by atoms with Crippen LogP contribution in [-0.4, -0.2) is 75.9 Å². The van der Waals surface area contributed by atoms with Crippen LogP contribution >= 0.6 is 15.6 Å². The molecule has 0 aliphatic carbocycles. The number of rotatable bonds is 40. The summed E-state index contributed by atoms with van der Waals surface area (Å²) in [6, 6.07) is 1.22. The number of esters is 2. The maximum Gasteiger partial charge on any atom is 0.351 e. The number of phosphoric acid groups is 2. The molecular formula is C52H79N3O15P2-2. The van der Waals surface area contributed by atoms with Crippen molar-refractivity contribution in [3.05, 3.63) is 120 Å². The average Bonchev–Trinajstić information content (AvgIpc) is 3.62. The summed E-state index contributed by atoms with van der Waals surface area (Å²) in [5.74, 6) is -1.52. The van der Waals surface area contributed by atoms with Gasteiger partial charge in [0, 0.05) is 19.0 Å². The quantitative estimate of drug-likeness (QED) is 0.0239. The largest absolute Gasteiger partial charge is 0.756 e. The van der Waals surface area contributed by atoms with E-state index in [1.165, 1.54) is 44.6 Å². The van der Waals surface area contributed by atoms with Gasteiger partial charge in [-0.1, -0.05) is 137 Å². The van der Waals surface area contributed by atoms with Gasteiger partial charge in [-0.05, 0) is 96.0 Å². The standard InChI is InChI=1S/C52H81N3O15P2/c1-3-5-7-9-11-13-15-17-19-21-23-25-27-29-31-33-35-37-47(56)65-41-44(68-48(57)38-36-34-32-30-28-26-24-22-20-18-16-14-12-10-8-6-4-2)42-66-71(61,62)70-72(63,64)67-43-45-49(58)50(59)51(69-45)55-40-39-46(53)54-52(55)60/h11-14,17-20,23-26,29-32,39-40,44-45,49-51,58-59H,3-10,15-16,21-22,27-28,33-38,41-43H2,1-2H3,(H,61,62)(H,63,64)(H2,53,54,60)/p-2/b13-11-,14-12-,19-17-,20-18-,25-23-,26-24-,31-29-,32-30-/t44-,45-,49-,50-,51-/m1/s1. The van der Waals surface area contributed by atoms with Crippen LogP contribution in [0.2, 0.25) is 0 Å². The predicted octanol–water partition coefficient (Wildman–Crippen LogP) is 9.18. The number of aromatic nitrogens is 2. The van der Waals surface area contributed by atoms with Crippen LogP contribution in [0, 0.1) is 0 Å². The summed E-state index contributed by atoms with van der Waals surface area (Å²) in [4.78, 5) is 66.4. The molecule has 0 saturated carbocycles. The number of aliphatic hydroxyl groups excluding tert-OH is 2. The maximum absolute atomic E-state index is 12.8. The fourth-order valence-electron chi connectivity index (χ4n) is 6.69. The van der Waals surface area contributed by atoms with E-state index in [1.54, 1.807) is 0 Å². The highest BCUT2D eigenvalue weighted by molar-refractivity contribution is 7.59. The molecule has 20 heteroatoms. The number of carbonyl (C=O) groups is 2. The minimum Gasteiger partial charge on any atom is -0.756 e. The van der Waals surface area contributed by atoms with Crippen molar-refractivity contribution in [2.45, 2.75) is 173 Å². The molecule has 7 atom stereocenters. The lowest BCUT2D eigenvalue weighted by atomic mass is 10.1. The zero-order valence-electron chi connectivity index (χ0n) is 42.1. The van der Waals surface area contributed by atoms with Crippen LogP contribution < -0.4 is 21.2 Å². The topological polar surface area (TPSA) is 271 Å². The summed E-state index contributed by atoms with van der Waals surface area (Å²) in [5.41, 5.74) is 4.54. The van der Waals surface area contributed by atoms with E-state index in [0.29, 0.717) is 32.1 Å². The molecule has 0 bridgehead atoms. The lowest BCUT2D eigenvalue weighted by Gasteiger charge is -2.32. The highest BCUT2D eigenvalue weighted by Gasteiger charge is 2.45. The number of allylic oxidation sites excluding steroid dienone is 16. The molecular weight excluding hydrogens is 969 g/mol. The first-order valence-electron chi connectivity index (χ1n) is 25.2. The molecule has 72 heavy (non-hydrogen) atoms. The van der Waals surface area contributed by atoms with Crippen molar-refractivity contribution in [1.29, 1.82) is 0 Å². The summed E-state index contributed by atoms with van der Waals surface area (Å²) in [6.45, 7) is 1.75. The minimum absolute atomic E-state index is 0.0132. The van der Waals surface area contributed by atoms with Crippen molar-refractivity contribution >= 4 is 33.4 Å². The Kier molecular flexibility index (Phi) is 34.7. The second-order valence-corrected chi connectivity index (χ2v) is 19.9. The van der Waals surface area contributed by atoms with Crippen molar-refractivity contribution in [1.82, 2.24) is 9.55 Å². The first kappa shape index (κ1) is 63.8. The highest BCUT2D eigenvalue weighted by atomic mass is 31.3. The van der Waals surface area contributed by atoms with Crippen molar-refractivity contribution in [2.24, 2.45) is 0 Å². The van der Waals surface area contributed by atoms with Crippen LogP contribution in [0.5, 0.6) is 0 Å². The predicted molar refractivity (Wildman–Crippen MR) is 275 cm³/mol. The molecule has 2 heterocycles. The third-order valence-electron chi connectivity index (χ3n) is 10.6. The van der Waals surface area contributed by atoms with Gasteiger partial charge in [0.2, 0.25) is 0 Å². The van der Waals surface area contributed by atoms with Gasteiger partial charge in [0.1, 0.15) is 30.7 Å². The van der Waals surface area contributed by atoms with Crippen LogP contribution in [0.3, 0.4) is 0 Å². The summed E-state index contributed by atoms with van der Waals surface area (Å²) in [5, 5.41) is 20.8. The van der Waals surface area contributed by atoms with Gasteiger partial charge in [-0.2, -0.15) is 4.98 Å². The lowest BCUT2D eigenvalue weighted by molar-refractivity contribution is -0.246. The number of nitrogen functional groups attached to an aromatic ring is 1. The minimum atomic E-state index is -5.76. The third kappa shape index (κ3) is 31.3. The average molecular weight is 1050 g/mol. The Balaban J connectivity index is 1.86.